The summed E-state index contributed by atoms with van der Waals surface area (Å²) >= 11 is 0. The predicted molar refractivity (Wildman–Crippen MR) is 108 cm³/mol. The molecule has 6 nitrogen and oxygen atoms in total. The van der Waals surface area contributed by atoms with Crippen molar-refractivity contribution in [3.63, 3.8) is 0 Å². The van der Waals surface area contributed by atoms with Crippen LogP contribution in [0.2, 0.25) is 0 Å². The fourth-order valence-corrected chi connectivity index (χ4v) is 4.47. The Kier molecular flexibility index (Phi) is 6.68. The monoisotopic (exact) mass is 394 g/mol. The molecule has 2 atom stereocenters. The lowest BCUT2D eigenvalue weighted by Gasteiger charge is -2.33. The van der Waals surface area contributed by atoms with Gasteiger partial charge < -0.3 is 10.2 Å². The molecule has 1 aliphatic heterocycles. The smallest absolute Gasteiger partial charge is 0.254 e. The molecule has 1 heterocycles. The maximum atomic E-state index is 12.8. The van der Waals surface area contributed by atoms with Gasteiger partial charge >= 0.3 is 0 Å². The van der Waals surface area contributed by atoms with Gasteiger partial charge in [0, 0.05) is 23.8 Å². The molecule has 27 heavy (non-hydrogen) atoms. The molecule has 7 heteroatoms. The van der Waals surface area contributed by atoms with Crippen LogP contribution in [0.15, 0.2) is 18.2 Å². The summed E-state index contributed by atoms with van der Waals surface area (Å²) in [6, 6.07) is 5.34. The molecular weight excluding hydrogens is 364 g/mol. The second kappa shape index (κ2) is 8.42. The SMILES string of the molecule is Cc1cc(C(=O)N2CCCCC2C)ccc1NC(=O)C(C)S(=O)(=O)C(C)C. The van der Waals surface area contributed by atoms with E-state index in [1.165, 1.54) is 6.92 Å². The van der Waals surface area contributed by atoms with E-state index in [9.17, 15) is 18.0 Å². The maximum absolute atomic E-state index is 12.8. The van der Waals surface area contributed by atoms with Gasteiger partial charge in [0.1, 0.15) is 5.25 Å². The highest BCUT2D eigenvalue weighted by molar-refractivity contribution is 7.93. The number of aryl methyl sites for hydroxylation is 1. The second-order valence-electron chi connectivity index (χ2n) is 7.64. The van der Waals surface area contributed by atoms with Gasteiger partial charge in [-0.1, -0.05) is 0 Å². The van der Waals surface area contributed by atoms with Crippen LogP contribution in [0.1, 0.15) is 62.9 Å². The number of carbonyl (C=O) groups excluding carboxylic acids is 2. The lowest BCUT2D eigenvalue weighted by atomic mass is 10.0. The fraction of sp³-hybridized carbons (Fsp3) is 0.600. The van der Waals surface area contributed by atoms with Gasteiger partial charge in [-0.15, -0.1) is 0 Å². The number of nitrogens with one attached hydrogen (secondary N) is 1. The maximum Gasteiger partial charge on any atom is 0.254 e. The number of rotatable bonds is 5. The summed E-state index contributed by atoms with van der Waals surface area (Å²) in [7, 11) is -3.52. The predicted octanol–water partition coefficient (Wildman–Crippen LogP) is 3.16. The van der Waals surface area contributed by atoms with Gasteiger partial charge in [-0.25, -0.2) is 8.42 Å². The number of hydrogen-bond donors (Lipinski definition) is 1. The zero-order chi connectivity index (χ0) is 20.4. The topological polar surface area (TPSA) is 83.6 Å². The van der Waals surface area contributed by atoms with E-state index in [4.69, 9.17) is 0 Å². The largest absolute Gasteiger partial charge is 0.336 e. The Morgan fingerprint density at radius 3 is 2.41 bits per heavy atom. The fourth-order valence-electron chi connectivity index (χ4n) is 3.29. The van der Waals surface area contributed by atoms with Crippen molar-refractivity contribution in [2.24, 2.45) is 0 Å². The molecule has 2 amide bonds. The minimum Gasteiger partial charge on any atom is -0.336 e. The highest BCUT2D eigenvalue weighted by Gasteiger charge is 2.31. The van der Waals surface area contributed by atoms with Crippen molar-refractivity contribution in [1.29, 1.82) is 0 Å². The molecule has 0 aromatic heterocycles. The lowest BCUT2D eigenvalue weighted by Crippen LogP contribution is -2.42. The van der Waals surface area contributed by atoms with E-state index < -0.39 is 26.2 Å². The van der Waals surface area contributed by atoms with Crippen LogP contribution in [0.5, 0.6) is 0 Å². The van der Waals surface area contributed by atoms with Crippen molar-refractivity contribution in [3.05, 3.63) is 29.3 Å². The average molecular weight is 395 g/mol. The molecule has 1 fully saturated rings. The molecular formula is C20H30N2O4S. The van der Waals surface area contributed by atoms with E-state index in [-0.39, 0.29) is 11.9 Å². The molecule has 0 radical (unpaired) electrons. The molecule has 0 bridgehead atoms. The van der Waals surface area contributed by atoms with E-state index in [2.05, 4.69) is 12.2 Å². The van der Waals surface area contributed by atoms with Crippen LogP contribution in [-0.2, 0) is 14.6 Å². The Hall–Kier alpha value is -1.89. The summed E-state index contributed by atoms with van der Waals surface area (Å²) in [4.78, 5) is 27.0. The molecule has 0 spiro atoms. The van der Waals surface area contributed by atoms with Crippen LogP contribution < -0.4 is 5.32 Å². The van der Waals surface area contributed by atoms with Gasteiger partial charge in [-0.05, 0) is 77.6 Å². The Labute approximate surface area is 162 Å². The van der Waals surface area contributed by atoms with Crippen LogP contribution >= 0.6 is 0 Å². The first-order chi connectivity index (χ1) is 12.6. The van der Waals surface area contributed by atoms with Crippen molar-refractivity contribution in [2.45, 2.75) is 70.4 Å². The Morgan fingerprint density at radius 2 is 1.85 bits per heavy atom. The number of hydrogen-bond acceptors (Lipinski definition) is 4. The molecule has 150 valence electrons. The molecule has 1 aliphatic rings. The van der Waals surface area contributed by atoms with Crippen molar-refractivity contribution < 1.29 is 18.0 Å². The third-order valence-corrected chi connectivity index (χ3v) is 7.83. The number of likely N-dealkylation sites (tertiary alicyclic amines) is 1. The molecule has 0 saturated carbocycles. The van der Waals surface area contributed by atoms with Gasteiger partial charge in [-0.3, -0.25) is 9.59 Å². The Bertz CT molecular complexity index is 817. The summed E-state index contributed by atoms with van der Waals surface area (Å²) in [5.41, 5.74) is 1.84. The Morgan fingerprint density at radius 1 is 1.19 bits per heavy atom. The summed E-state index contributed by atoms with van der Waals surface area (Å²) in [6.45, 7) is 9.15. The molecule has 1 N–H and O–H groups in total. The normalized spacial score (nSPS) is 19.0. The zero-order valence-electron chi connectivity index (χ0n) is 16.8. The van der Waals surface area contributed by atoms with Crippen LogP contribution in [0.4, 0.5) is 5.69 Å². The van der Waals surface area contributed by atoms with E-state index in [1.807, 2.05) is 4.90 Å². The average Bonchev–Trinajstić information content (AvgIpc) is 2.62. The number of benzene rings is 1. The first-order valence-electron chi connectivity index (χ1n) is 9.51. The standard InChI is InChI=1S/C20H30N2O4S/c1-13(2)27(25,26)16(5)19(23)21-18-10-9-17(12-14(18)3)20(24)22-11-7-6-8-15(22)4/h9-10,12-13,15-16H,6-8,11H2,1-5H3,(H,21,23). The Balaban J connectivity index is 2.15. The number of sulfone groups is 1. The van der Waals surface area contributed by atoms with Gasteiger partial charge in [0.15, 0.2) is 9.84 Å². The van der Waals surface area contributed by atoms with Crippen molar-refractivity contribution in [1.82, 2.24) is 4.90 Å². The molecule has 2 unspecified atom stereocenters. The van der Waals surface area contributed by atoms with E-state index in [0.29, 0.717) is 11.3 Å². The number of amides is 2. The summed E-state index contributed by atoms with van der Waals surface area (Å²) in [6.07, 6.45) is 3.18. The van der Waals surface area contributed by atoms with Crippen molar-refractivity contribution in [2.75, 3.05) is 11.9 Å². The first kappa shape index (κ1) is 21.4. The number of carbonyl (C=O) groups is 2. The summed E-state index contributed by atoms with van der Waals surface area (Å²) in [5, 5.41) is 0.931. The highest BCUT2D eigenvalue weighted by atomic mass is 32.2. The third kappa shape index (κ3) is 4.69. The molecule has 2 rings (SSSR count). The van der Waals surface area contributed by atoms with Crippen LogP contribution in [-0.4, -0.2) is 48.2 Å². The molecule has 1 aromatic carbocycles. The lowest BCUT2D eigenvalue weighted by molar-refractivity contribution is -0.115. The van der Waals surface area contributed by atoms with Crippen molar-refractivity contribution >= 4 is 27.3 Å². The van der Waals surface area contributed by atoms with Crippen LogP contribution in [0.3, 0.4) is 0 Å². The summed E-state index contributed by atoms with van der Waals surface area (Å²) < 4.78 is 24.4. The van der Waals surface area contributed by atoms with Gasteiger partial charge in [0.05, 0.1) is 5.25 Å². The molecule has 1 saturated heterocycles. The van der Waals surface area contributed by atoms with Gasteiger partial charge in [-0.2, -0.15) is 0 Å². The molecule has 0 aliphatic carbocycles. The van der Waals surface area contributed by atoms with E-state index >= 15 is 0 Å². The minimum atomic E-state index is -3.52. The van der Waals surface area contributed by atoms with E-state index in [0.717, 1.165) is 31.4 Å². The summed E-state index contributed by atoms with van der Waals surface area (Å²) in [5.74, 6) is -0.561. The highest BCUT2D eigenvalue weighted by Crippen LogP contribution is 2.23. The number of anilines is 1. The molecule has 1 aromatic rings. The first-order valence-corrected chi connectivity index (χ1v) is 11.1. The van der Waals surface area contributed by atoms with Crippen molar-refractivity contribution in [3.8, 4) is 0 Å². The third-order valence-electron chi connectivity index (χ3n) is 5.31. The van der Waals surface area contributed by atoms with Gasteiger partial charge in [0.2, 0.25) is 5.91 Å². The van der Waals surface area contributed by atoms with Gasteiger partial charge in [0.25, 0.3) is 5.91 Å². The minimum absolute atomic E-state index is 0.000991. The van der Waals surface area contributed by atoms with Crippen LogP contribution in [0.25, 0.3) is 0 Å². The number of nitrogens with zero attached hydrogens (tertiary/aromatic N) is 1. The van der Waals surface area contributed by atoms with Crippen LogP contribution in [0, 0.1) is 6.92 Å². The second-order valence-corrected chi connectivity index (χ2v) is 10.5. The quantitative estimate of drug-likeness (QED) is 0.831. The number of piperidine rings is 1. The van der Waals surface area contributed by atoms with E-state index in [1.54, 1.807) is 39.0 Å². The zero-order valence-corrected chi connectivity index (χ0v) is 17.6.